The average molecular weight is 196 g/mol. The minimum atomic E-state index is 0.547. The van der Waals surface area contributed by atoms with Gasteiger partial charge in [0.05, 0.1) is 11.4 Å². The van der Waals surface area contributed by atoms with Crippen LogP contribution in [0.1, 0.15) is 0 Å². The molecule has 4 nitrogen and oxygen atoms in total. The van der Waals surface area contributed by atoms with E-state index in [9.17, 15) is 0 Å². The monoisotopic (exact) mass is 196 g/mol. The summed E-state index contributed by atoms with van der Waals surface area (Å²) >= 11 is 0. The number of aromatic nitrogens is 1. The van der Waals surface area contributed by atoms with E-state index in [4.69, 9.17) is 5.53 Å². The largest absolute Gasteiger partial charge is 0.256 e. The van der Waals surface area contributed by atoms with Gasteiger partial charge in [-0.15, -0.1) is 0 Å². The smallest absolute Gasteiger partial charge is 0.0797 e. The molecule has 0 saturated heterocycles. The number of pyridine rings is 1. The van der Waals surface area contributed by atoms with Crippen molar-refractivity contribution in [3.63, 3.8) is 0 Å². The SMILES string of the molecule is [N-]=[N+]=Nc1cccnc1-c1ccccc1. The number of azide groups is 1. The van der Waals surface area contributed by atoms with E-state index in [0.29, 0.717) is 11.4 Å². The first-order valence-corrected chi connectivity index (χ1v) is 4.47. The third-order valence-electron chi connectivity index (χ3n) is 1.99. The summed E-state index contributed by atoms with van der Waals surface area (Å²) in [7, 11) is 0. The van der Waals surface area contributed by atoms with E-state index in [1.54, 1.807) is 18.3 Å². The maximum atomic E-state index is 8.42. The molecule has 0 unspecified atom stereocenters. The fourth-order valence-corrected chi connectivity index (χ4v) is 1.34. The molecule has 0 aliphatic rings. The van der Waals surface area contributed by atoms with Gasteiger partial charge in [0.1, 0.15) is 0 Å². The van der Waals surface area contributed by atoms with Crippen molar-refractivity contribution in [1.29, 1.82) is 0 Å². The molecule has 1 aromatic heterocycles. The number of rotatable bonds is 2. The molecule has 1 heterocycles. The topological polar surface area (TPSA) is 61.7 Å². The fourth-order valence-electron chi connectivity index (χ4n) is 1.34. The molecule has 0 aliphatic carbocycles. The van der Waals surface area contributed by atoms with E-state index in [2.05, 4.69) is 15.0 Å². The maximum Gasteiger partial charge on any atom is 0.0797 e. The van der Waals surface area contributed by atoms with Crippen LogP contribution in [0.3, 0.4) is 0 Å². The van der Waals surface area contributed by atoms with Crippen molar-refractivity contribution in [2.45, 2.75) is 0 Å². The van der Waals surface area contributed by atoms with Crippen LogP contribution in [0.15, 0.2) is 53.8 Å². The lowest BCUT2D eigenvalue weighted by atomic mass is 10.1. The summed E-state index contributed by atoms with van der Waals surface area (Å²) in [5.41, 5.74) is 10.6. The predicted octanol–water partition coefficient (Wildman–Crippen LogP) is 3.69. The van der Waals surface area contributed by atoms with Gasteiger partial charge in [-0.3, -0.25) is 4.98 Å². The minimum Gasteiger partial charge on any atom is -0.256 e. The van der Waals surface area contributed by atoms with E-state index in [1.165, 1.54) is 0 Å². The molecule has 0 bridgehead atoms. The summed E-state index contributed by atoms with van der Waals surface area (Å²) in [6.07, 6.45) is 1.68. The summed E-state index contributed by atoms with van der Waals surface area (Å²) in [6, 6.07) is 13.1. The zero-order valence-electron chi connectivity index (χ0n) is 7.91. The van der Waals surface area contributed by atoms with Gasteiger partial charge in [-0.05, 0) is 17.7 Å². The quantitative estimate of drug-likeness (QED) is 0.410. The summed E-state index contributed by atoms with van der Waals surface area (Å²) in [6.45, 7) is 0. The molecule has 15 heavy (non-hydrogen) atoms. The first kappa shape index (κ1) is 9.24. The second-order valence-corrected chi connectivity index (χ2v) is 2.93. The van der Waals surface area contributed by atoms with Crippen LogP contribution in [0.5, 0.6) is 0 Å². The Morgan fingerprint density at radius 1 is 1.07 bits per heavy atom. The Morgan fingerprint density at radius 3 is 2.60 bits per heavy atom. The molecule has 2 rings (SSSR count). The molecule has 2 aromatic rings. The average Bonchev–Trinajstić information content (AvgIpc) is 2.31. The van der Waals surface area contributed by atoms with Crippen molar-refractivity contribution in [1.82, 2.24) is 4.98 Å². The van der Waals surface area contributed by atoms with Crippen molar-refractivity contribution >= 4 is 5.69 Å². The normalized spacial score (nSPS) is 9.33. The molecule has 0 N–H and O–H groups in total. The van der Waals surface area contributed by atoms with Gasteiger partial charge < -0.3 is 0 Å². The first-order valence-electron chi connectivity index (χ1n) is 4.47. The molecule has 0 atom stereocenters. The van der Waals surface area contributed by atoms with E-state index >= 15 is 0 Å². The molecular weight excluding hydrogens is 188 g/mol. The van der Waals surface area contributed by atoms with Gasteiger partial charge in [0.15, 0.2) is 0 Å². The molecule has 0 radical (unpaired) electrons. The number of hydrogen-bond donors (Lipinski definition) is 0. The number of benzene rings is 1. The number of nitrogens with zero attached hydrogens (tertiary/aromatic N) is 4. The second kappa shape index (κ2) is 4.26. The van der Waals surface area contributed by atoms with Gasteiger partial charge in [-0.2, -0.15) is 0 Å². The lowest BCUT2D eigenvalue weighted by Crippen LogP contribution is -1.82. The summed E-state index contributed by atoms with van der Waals surface area (Å²) in [5.74, 6) is 0. The Kier molecular flexibility index (Phi) is 2.63. The number of hydrogen-bond acceptors (Lipinski definition) is 2. The van der Waals surface area contributed by atoms with E-state index in [1.807, 2.05) is 30.3 Å². The van der Waals surface area contributed by atoms with Crippen molar-refractivity contribution in [3.8, 4) is 11.3 Å². The van der Waals surface area contributed by atoms with Gasteiger partial charge in [-0.25, -0.2) is 0 Å². The van der Waals surface area contributed by atoms with Crippen LogP contribution >= 0.6 is 0 Å². The molecule has 0 saturated carbocycles. The molecule has 0 spiro atoms. The lowest BCUT2D eigenvalue weighted by Gasteiger charge is -2.02. The van der Waals surface area contributed by atoms with Crippen LogP contribution in [0, 0.1) is 0 Å². The highest BCUT2D eigenvalue weighted by molar-refractivity contribution is 5.71. The van der Waals surface area contributed by atoms with Crippen molar-refractivity contribution in [3.05, 3.63) is 59.1 Å². The van der Waals surface area contributed by atoms with Crippen molar-refractivity contribution < 1.29 is 0 Å². The Hall–Kier alpha value is -2.32. The Morgan fingerprint density at radius 2 is 1.87 bits per heavy atom. The van der Waals surface area contributed by atoms with Gasteiger partial charge in [0.25, 0.3) is 0 Å². The molecule has 0 aliphatic heterocycles. The Balaban J connectivity index is 2.58. The van der Waals surface area contributed by atoms with Gasteiger partial charge in [0.2, 0.25) is 0 Å². The van der Waals surface area contributed by atoms with Crippen molar-refractivity contribution in [2.24, 2.45) is 5.11 Å². The standard InChI is InChI=1S/C11H8N4/c12-15-14-10-7-4-8-13-11(10)9-5-2-1-3-6-9/h1-8H. The third-order valence-corrected chi connectivity index (χ3v) is 1.99. The van der Waals surface area contributed by atoms with E-state index in [0.717, 1.165) is 5.56 Å². The summed E-state index contributed by atoms with van der Waals surface area (Å²) in [4.78, 5) is 6.98. The minimum absolute atomic E-state index is 0.547. The highest BCUT2D eigenvalue weighted by Crippen LogP contribution is 2.27. The summed E-state index contributed by atoms with van der Waals surface area (Å²) < 4.78 is 0. The molecular formula is C11H8N4. The fraction of sp³-hybridized carbons (Fsp3) is 0. The van der Waals surface area contributed by atoms with Crippen LogP contribution in [0.25, 0.3) is 21.7 Å². The Bertz CT molecular complexity index is 501. The molecule has 0 fully saturated rings. The van der Waals surface area contributed by atoms with Gasteiger partial charge in [0, 0.05) is 16.7 Å². The maximum absolute atomic E-state index is 8.42. The van der Waals surface area contributed by atoms with Crippen LogP contribution < -0.4 is 0 Å². The van der Waals surface area contributed by atoms with Gasteiger partial charge >= 0.3 is 0 Å². The van der Waals surface area contributed by atoms with E-state index < -0.39 is 0 Å². The first-order chi connectivity index (χ1) is 7.42. The van der Waals surface area contributed by atoms with Crippen LogP contribution in [0.2, 0.25) is 0 Å². The lowest BCUT2D eigenvalue weighted by molar-refractivity contribution is 1.30. The molecule has 1 aromatic carbocycles. The zero-order valence-corrected chi connectivity index (χ0v) is 7.91. The second-order valence-electron chi connectivity index (χ2n) is 2.93. The van der Waals surface area contributed by atoms with Gasteiger partial charge in [-0.1, -0.05) is 35.4 Å². The third kappa shape index (κ3) is 1.95. The van der Waals surface area contributed by atoms with E-state index in [-0.39, 0.29) is 0 Å². The Labute approximate surface area is 86.8 Å². The highest BCUT2D eigenvalue weighted by Gasteiger charge is 2.02. The van der Waals surface area contributed by atoms with Crippen LogP contribution in [-0.4, -0.2) is 4.98 Å². The highest BCUT2D eigenvalue weighted by atomic mass is 15.1. The molecule has 4 heteroatoms. The predicted molar refractivity (Wildman–Crippen MR) is 58.5 cm³/mol. The zero-order chi connectivity index (χ0) is 10.5. The molecule has 0 amide bonds. The van der Waals surface area contributed by atoms with Crippen LogP contribution in [0.4, 0.5) is 5.69 Å². The molecule has 72 valence electrons. The van der Waals surface area contributed by atoms with Crippen LogP contribution in [-0.2, 0) is 0 Å². The van der Waals surface area contributed by atoms with Crippen molar-refractivity contribution in [2.75, 3.05) is 0 Å². The summed E-state index contributed by atoms with van der Waals surface area (Å²) in [5, 5.41) is 3.60.